The van der Waals surface area contributed by atoms with Crippen molar-refractivity contribution in [2.75, 3.05) is 0 Å². The van der Waals surface area contributed by atoms with Crippen molar-refractivity contribution in [2.24, 2.45) is 0 Å². The van der Waals surface area contributed by atoms with Gasteiger partial charge in [-0.05, 0) is 42.0 Å². The predicted octanol–water partition coefficient (Wildman–Crippen LogP) is 3.75. The number of hydrogen-bond acceptors (Lipinski definition) is 3. The molecule has 3 nitrogen and oxygen atoms in total. The summed E-state index contributed by atoms with van der Waals surface area (Å²) in [5.74, 6) is -1.58. The third-order valence-electron chi connectivity index (χ3n) is 3.68. The van der Waals surface area contributed by atoms with E-state index < -0.39 is 11.8 Å². The van der Waals surface area contributed by atoms with Gasteiger partial charge in [-0.2, -0.15) is 0 Å². The summed E-state index contributed by atoms with van der Waals surface area (Å²) in [7, 11) is 0. The standard InChI is InChI=1S/C16H16FNO2S/c17-12-4-3-11(15(8-12)16(19)20)9-18(13-5-6-13)10-14-2-1-7-21-14/h1-4,7-8,13H,5-6,9-10H2,(H,19,20). The molecule has 1 heterocycles. The van der Waals surface area contributed by atoms with Crippen molar-refractivity contribution in [3.05, 3.63) is 57.5 Å². The Hall–Kier alpha value is -1.72. The van der Waals surface area contributed by atoms with Gasteiger partial charge >= 0.3 is 5.97 Å². The molecule has 1 N–H and O–H groups in total. The quantitative estimate of drug-likeness (QED) is 0.883. The summed E-state index contributed by atoms with van der Waals surface area (Å²) in [5.41, 5.74) is 0.735. The van der Waals surface area contributed by atoms with Crippen LogP contribution in [-0.4, -0.2) is 22.0 Å². The van der Waals surface area contributed by atoms with Gasteiger partial charge in [-0.3, -0.25) is 4.90 Å². The Morgan fingerprint density at radius 2 is 2.14 bits per heavy atom. The van der Waals surface area contributed by atoms with Crippen LogP contribution in [0.15, 0.2) is 35.7 Å². The van der Waals surface area contributed by atoms with Crippen molar-refractivity contribution in [2.45, 2.75) is 32.0 Å². The molecule has 0 radical (unpaired) electrons. The summed E-state index contributed by atoms with van der Waals surface area (Å²) in [5, 5.41) is 11.3. The molecule has 1 aliphatic rings. The van der Waals surface area contributed by atoms with Crippen LogP contribution in [0.3, 0.4) is 0 Å². The van der Waals surface area contributed by atoms with E-state index in [1.165, 1.54) is 10.9 Å². The Bertz CT molecular complexity index is 638. The highest BCUT2D eigenvalue weighted by Gasteiger charge is 2.30. The van der Waals surface area contributed by atoms with Crippen LogP contribution in [0.1, 0.15) is 33.6 Å². The Morgan fingerprint density at radius 3 is 2.76 bits per heavy atom. The predicted molar refractivity (Wildman–Crippen MR) is 79.9 cm³/mol. The van der Waals surface area contributed by atoms with E-state index in [0.29, 0.717) is 18.2 Å². The number of carboxylic acids is 1. The molecule has 0 aliphatic heterocycles. The average Bonchev–Trinajstić information content (AvgIpc) is 3.18. The van der Waals surface area contributed by atoms with E-state index in [9.17, 15) is 14.3 Å². The number of halogens is 1. The largest absolute Gasteiger partial charge is 0.478 e. The molecule has 110 valence electrons. The molecule has 3 rings (SSSR count). The summed E-state index contributed by atoms with van der Waals surface area (Å²) in [6.07, 6.45) is 2.30. The molecule has 5 heteroatoms. The summed E-state index contributed by atoms with van der Waals surface area (Å²) in [6.45, 7) is 1.36. The Kier molecular flexibility index (Phi) is 4.03. The molecule has 0 amide bonds. The van der Waals surface area contributed by atoms with E-state index in [0.717, 1.165) is 25.5 Å². The highest BCUT2D eigenvalue weighted by atomic mass is 32.1. The summed E-state index contributed by atoms with van der Waals surface area (Å²) in [4.78, 5) is 14.8. The number of nitrogens with zero attached hydrogens (tertiary/aromatic N) is 1. The zero-order chi connectivity index (χ0) is 14.8. The first-order chi connectivity index (χ1) is 10.1. The molecule has 1 saturated carbocycles. The van der Waals surface area contributed by atoms with E-state index in [1.807, 2.05) is 11.4 Å². The van der Waals surface area contributed by atoms with Gasteiger partial charge in [0.2, 0.25) is 0 Å². The maximum absolute atomic E-state index is 13.2. The molecule has 1 aliphatic carbocycles. The van der Waals surface area contributed by atoms with Crippen LogP contribution in [0.2, 0.25) is 0 Å². The molecule has 0 bridgehead atoms. The monoisotopic (exact) mass is 305 g/mol. The van der Waals surface area contributed by atoms with Crippen molar-refractivity contribution in [1.82, 2.24) is 4.90 Å². The summed E-state index contributed by atoms with van der Waals surface area (Å²) >= 11 is 1.70. The topological polar surface area (TPSA) is 40.5 Å². The van der Waals surface area contributed by atoms with Crippen molar-refractivity contribution in [3.8, 4) is 0 Å². The SMILES string of the molecule is O=C(O)c1cc(F)ccc1CN(Cc1cccs1)C1CC1. The second-order valence-electron chi connectivity index (χ2n) is 5.32. The van der Waals surface area contributed by atoms with Gasteiger partial charge in [-0.15, -0.1) is 11.3 Å². The van der Waals surface area contributed by atoms with Gasteiger partial charge < -0.3 is 5.11 Å². The van der Waals surface area contributed by atoms with Crippen LogP contribution in [0, 0.1) is 5.82 Å². The van der Waals surface area contributed by atoms with Crippen LogP contribution < -0.4 is 0 Å². The van der Waals surface area contributed by atoms with Crippen molar-refractivity contribution in [3.63, 3.8) is 0 Å². The van der Waals surface area contributed by atoms with Crippen LogP contribution >= 0.6 is 11.3 Å². The number of carboxylic acid groups (broad SMARTS) is 1. The minimum Gasteiger partial charge on any atom is -0.478 e. The molecular weight excluding hydrogens is 289 g/mol. The summed E-state index contributed by atoms with van der Waals surface area (Å²) < 4.78 is 13.2. The van der Waals surface area contributed by atoms with Crippen LogP contribution in [0.5, 0.6) is 0 Å². The summed E-state index contributed by atoms with van der Waals surface area (Å²) in [6, 6.07) is 8.64. The van der Waals surface area contributed by atoms with Crippen LogP contribution in [0.4, 0.5) is 4.39 Å². The fourth-order valence-corrected chi connectivity index (χ4v) is 3.19. The molecule has 21 heavy (non-hydrogen) atoms. The number of hydrogen-bond donors (Lipinski definition) is 1. The molecule has 2 aromatic rings. The molecule has 1 fully saturated rings. The highest BCUT2D eigenvalue weighted by Crippen LogP contribution is 2.31. The number of benzene rings is 1. The Labute approximate surface area is 126 Å². The number of aromatic carboxylic acids is 1. The lowest BCUT2D eigenvalue weighted by molar-refractivity contribution is 0.0693. The molecule has 1 aromatic carbocycles. The second kappa shape index (κ2) is 5.95. The highest BCUT2D eigenvalue weighted by molar-refractivity contribution is 7.09. The first kappa shape index (κ1) is 14.2. The normalized spacial score (nSPS) is 14.6. The molecule has 0 saturated heterocycles. The van der Waals surface area contributed by atoms with Gasteiger partial charge in [0.1, 0.15) is 5.82 Å². The first-order valence-electron chi connectivity index (χ1n) is 6.91. The maximum Gasteiger partial charge on any atom is 0.336 e. The van der Waals surface area contributed by atoms with E-state index in [1.54, 1.807) is 17.4 Å². The third-order valence-corrected chi connectivity index (χ3v) is 4.54. The van der Waals surface area contributed by atoms with Gasteiger partial charge in [0, 0.05) is 24.0 Å². The van der Waals surface area contributed by atoms with Crippen molar-refractivity contribution < 1.29 is 14.3 Å². The Balaban J connectivity index is 1.81. The minimum absolute atomic E-state index is 0.0619. The van der Waals surface area contributed by atoms with Crippen LogP contribution in [0.25, 0.3) is 0 Å². The van der Waals surface area contributed by atoms with E-state index >= 15 is 0 Å². The van der Waals surface area contributed by atoms with Gasteiger partial charge in [0.05, 0.1) is 5.56 Å². The van der Waals surface area contributed by atoms with Crippen molar-refractivity contribution >= 4 is 17.3 Å². The number of carbonyl (C=O) groups is 1. The molecule has 0 spiro atoms. The van der Waals surface area contributed by atoms with E-state index in [2.05, 4.69) is 11.0 Å². The lowest BCUT2D eigenvalue weighted by Gasteiger charge is -2.22. The average molecular weight is 305 g/mol. The fourth-order valence-electron chi connectivity index (χ4n) is 2.46. The Morgan fingerprint density at radius 1 is 1.33 bits per heavy atom. The smallest absolute Gasteiger partial charge is 0.336 e. The van der Waals surface area contributed by atoms with Crippen LogP contribution in [-0.2, 0) is 13.1 Å². The first-order valence-corrected chi connectivity index (χ1v) is 7.79. The molecule has 0 atom stereocenters. The lowest BCUT2D eigenvalue weighted by Crippen LogP contribution is -2.25. The van der Waals surface area contributed by atoms with Gasteiger partial charge in [-0.25, -0.2) is 9.18 Å². The molecular formula is C16H16FNO2S. The number of thiophene rings is 1. The van der Waals surface area contributed by atoms with Crippen molar-refractivity contribution in [1.29, 1.82) is 0 Å². The number of rotatable bonds is 6. The second-order valence-corrected chi connectivity index (χ2v) is 6.35. The fraction of sp³-hybridized carbons (Fsp3) is 0.312. The molecule has 0 unspecified atom stereocenters. The lowest BCUT2D eigenvalue weighted by atomic mass is 10.1. The maximum atomic E-state index is 13.2. The minimum atomic E-state index is -1.07. The molecule has 1 aromatic heterocycles. The van der Waals surface area contributed by atoms with Gasteiger partial charge in [-0.1, -0.05) is 12.1 Å². The van der Waals surface area contributed by atoms with Gasteiger partial charge in [0.25, 0.3) is 0 Å². The zero-order valence-corrected chi connectivity index (χ0v) is 12.3. The van der Waals surface area contributed by atoms with E-state index in [4.69, 9.17) is 0 Å². The zero-order valence-electron chi connectivity index (χ0n) is 11.5. The van der Waals surface area contributed by atoms with E-state index in [-0.39, 0.29) is 5.56 Å². The van der Waals surface area contributed by atoms with Gasteiger partial charge in [0.15, 0.2) is 0 Å². The third kappa shape index (κ3) is 3.49.